The number of halogens is 2. The Bertz CT molecular complexity index is 984. The fraction of sp³-hybridized carbons (Fsp3) is 0.150. The fourth-order valence-electron chi connectivity index (χ4n) is 2.27. The Hall–Kier alpha value is -3.38. The summed E-state index contributed by atoms with van der Waals surface area (Å²) in [5.41, 5.74) is 5.82. The van der Waals surface area contributed by atoms with E-state index in [1.165, 1.54) is 18.2 Å². The largest absolute Gasteiger partial charge is 0.490 e. The van der Waals surface area contributed by atoms with Gasteiger partial charge in [-0.25, -0.2) is 9.18 Å². The number of hydrogen-bond donors (Lipinski definition) is 2. The number of nitrogens with two attached hydrogens (primary N) is 1. The van der Waals surface area contributed by atoms with E-state index in [4.69, 9.17) is 15.2 Å². The summed E-state index contributed by atoms with van der Waals surface area (Å²) in [6.07, 6.45) is 1.29. The summed E-state index contributed by atoms with van der Waals surface area (Å²) in [5, 5.41) is 11.0. The minimum atomic E-state index is -1.06. The minimum absolute atomic E-state index is 0.187. The van der Waals surface area contributed by atoms with Gasteiger partial charge in [-0.2, -0.15) is 5.26 Å². The van der Waals surface area contributed by atoms with E-state index in [0.29, 0.717) is 28.1 Å². The van der Waals surface area contributed by atoms with Crippen LogP contribution in [0.15, 0.2) is 46.4 Å². The van der Waals surface area contributed by atoms with Crippen molar-refractivity contribution in [2.45, 2.75) is 13.5 Å². The summed E-state index contributed by atoms with van der Waals surface area (Å²) in [7, 11) is 0. The first-order valence-corrected chi connectivity index (χ1v) is 9.19. The Morgan fingerprint density at radius 3 is 2.48 bits per heavy atom. The van der Waals surface area contributed by atoms with Crippen molar-refractivity contribution < 1.29 is 23.5 Å². The average molecular weight is 462 g/mol. The maximum Gasteiger partial charge on any atom is 0.319 e. The van der Waals surface area contributed by atoms with Gasteiger partial charge in [0, 0.05) is 4.47 Å². The molecule has 0 saturated carbocycles. The Morgan fingerprint density at radius 1 is 1.24 bits per heavy atom. The molecule has 2 aromatic carbocycles. The molecule has 0 bridgehead atoms. The molecule has 0 heterocycles. The van der Waals surface area contributed by atoms with Crippen molar-refractivity contribution in [2.24, 2.45) is 5.73 Å². The van der Waals surface area contributed by atoms with Gasteiger partial charge in [0.15, 0.2) is 11.5 Å². The van der Waals surface area contributed by atoms with E-state index in [2.05, 4.69) is 15.9 Å². The van der Waals surface area contributed by atoms with Gasteiger partial charge in [0.25, 0.3) is 5.91 Å². The smallest absolute Gasteiger partial charge is 0.319 e. The number of benzene rings is 2. The van der Waals surface area contributed by atoms with Gasteiger partial charge in [-0.3, -0.25) is 10.1 Å². The van der Waals surface area contributed by atoms with Crippen LogP contribution in [0, 0.1) is 17.1 Å². The van der Waals surface area contributed by atoms with Crippen molar-refractivity contribution in [1.82, 2.24) is 5.32 Å². The predicted octanol–water partition coefficient (Wildman–Crippen LogP) is 3.67. The first-order chi connectivity index (χ1) is 13.8. The van der Waals surface area contributed by atoms with Crippen molar-refractivity contribution >= 4 is 33.9 Å². The van der Waals surface area contributed by atoms with E-state index in [9.17, 15) is 19.2 Å². The van der Waals surface area contributed by atoms with Crippen LogP contribution in [-0.4, -0.2) is 18.5 Å². The Kier molecular flexibility index (Phi) is 7.74. The molecule has 0 radical (unpaired) electrons. The fourth-order valence-corrected chi connectivity index (χ4v) is 2.70. The summed E-state index contributed by atoms with van der Waals surface area (Å²) in [6, 6.07) is 9.77. The summed E-state index contributed by atoms with van der Waals surface area (Å²) < 4.78 is 24.9. The third-order valence-corrected chi connectivity index (χ3v) is 4.26. The number of imide groups is 1. The van der Waals surface area contributed by atoms with Crippen LogP contribution in [0.4, 0.5) is 9.18 Å². The number of hydrogen-bond acceptors (Lipinski definition) is 5. The van der Waals surface area contributed by atoms with Crippen LogP contribution < -0.4 is 20.5 Å². The predicted molar refractivity (Wildman–Crippen MR) is 107 cm³/mol. The van der Waals surface area contributed by atoms with Gasteiger partial charge in [-0.05, 0) is 48.4 Å². The average Bonchev–Trinajstić information content (AvgIpc) is 2.67. The number of ether oxygens (including phenoxy) is 2. The molecule has 150 valence electrons. The van der Waals surface area contributed by atoms with Gasteiger partial charge in [0.05, 0.1) is 6.61 Å². The normalized spacial score (nSPS) is 10.8. The molecule has 0 fully saturated rings. The molecule has 9 heteroatoms. The summed E-state index contributed by atoms with van der Waals surface area (Å²) in [6.45, 7) is 2.33. The molecule has 0 aliphatic heterocycles. The second-order valence-corrected chi connectivity index (χ2v) is 6.51. The molecule has 29 heavy (non-hydrogen) atoms. The van der Waals surface area contributed by atoms with E-state index in [1.54, 1.807) is 37.3 Å². The molecule has 0 unspecified atom stereocenters. The zero-order valence-electron chi connectivity index (χ0n) is 15.4. The highest BCUT2D eigenvalue weighted by Gasteiger charge is 2.15. The standard InChI is InChI=1S/C20H17BrFN3O4/c1-2-28-17-8-13(7-14(10-23)19(26)25-20(24)27)16(21)9-18(17)29-11-12-3-5-15(22)6-4-12/h3-9H,2,11H2,1H3,(H3,24,25,26,27)/b14-7-. The third-order valence-electron chi connectivity index (χ3n) is 3.57. The number of amides is 3. The van der Waals surface area contributed by atoms with Crippen LogP contribution in [-0.2, 0) is 11.4 Å². The zero-order chi connectivity index (χ0) is 21.4. The highest BCUT2D eigenvalue weighted by atomic mass is 79.9. The van der Waals surface area contributed by atoms with Gasteiger partial charge in [-0.15, -0.1) is 0 Å². The molecule has 2 aromatic rings. The maximum atomic E-state index is 13.0. The zero-order valence-corrected chi connectivity index (χ0v) is 17.0. The van der Waals surface area contributed by atoms with Crippen LogP contribution in [0.3, 0.4) is 0 Å². The van der Waals surface area contributed by atoms with E-state index in [0.717, 1.165) is 5.56 Å². The lowest BCUT2D eigenvalue weighted by Gasteiger charge is -2.14. The lowest BCUT2D eigenvalue weighted by atomic mass is 10.1. The van der Waals surface area contributed by atoms with Gasteiger partial charge in [0.1, 0.15) is 24.1 Å². The first kappa shape index (κ1) is 21.9. The van der Waals surface area contributed by atoms with Gasteiger partial charge >= 0.3 is 6.03 Å². The van der Waals surface area contributed by atoms with Crippen molar-refractivity contribution in [3.05, 3.63) is 63.4 Å². The summed E-state index contributed by atoms with van der Waals surface area (Å²) >= 11 is 3.36. The molecular formula is C20H17BrFN3O4. The SMILES string of the molecule is CCOc1cc(/C=C(/C#N)C(=O)NC(N)=O)c(Br)cc1OCc1ccc(F)cc1. The van der Waals surface area contributed by atoms with Crippen LogP contribution in [0.2, 0.25) is 0 Å². The van der Waals surface area contributed by atoms with Crippen LogP contribution >= 0.6 is 15.9 Å². The van der Waals surface area contributed by atoms with Gasteiger partial charge in [-0.1, -0.05) is 28.1 Å². The molecule has 0 saturated heterocycles. The highest BCUT2D eigenvalue weighted by molar-refractivity contribution is 9.10. The van der Waals surface area contributed by atoms with Crippen molar-refractivity contribution in [2.75, 3.05) is 6.61 Å². The monoisotopic (exact) mass is 461 g/mol. The van der Waals surface area contributed by atoms with E-state index in [-0.39, 0.29) is 18.0 Å². The molecule has 0 aliphatic rings. The number of carbonyl (C=O) groups is 2. The number of rotatable bonds is 7. The van der Waals surface area contributed by atoms with E-state index in [1.807, 2.05) is 5.32 Å². The van der Waals surface area contributed by atoms with Crippen LogP contribution in [0.25, 0.3) is 6.08 Å². The molecule has 0 aromatic heterocycles. The van der Waals surface area contributed by atoms with Crippen LogP contribution in [0.5, 0.6) is 11.5 Å². The maximum absolute atomic E-state index is 13.0. The third kappa shape index (κ3) is 6.33. The van der Waals surface area contributed by atoms with Crippen molar-refractivity contribution in [3.63, 3.8) is 0 Å². The van der Waals surface area contributed by atoms with Crippen LogP contribution in [0.1, 0.15) is 18.1 Å². The second kappa shape index (κ2) is 10.2. The van der Waals surface area contributed by atoms with Gasteiger partial charge in [0.2, 0.25) is 0 Å². The molecule has 3 amide bonds. The van der Waals surface area contributed by atoms with Gasteiger partial charge < -0.3 is 15.2 Å². The first-order valence-electron chi connectivity index (χ1n) is 8.40. The Balaban J connectivity index is 2.31. The molecule has 7 nitrogen and oxygen atoms in total. The Labute approximate surface area is 175 Å². The van der Waals surface area contributed by atoms with Crippen molar-refractivity contribution in [1.29, 1.82) is 5.26 Å². The number of primary amides is 1. The lowest BCUT2D eigenvalue weighted by Crippen LogP contribution is -2.35. The summed E-state index contributed by atoms with van der Waals surface area (Å²) in [4.78, 5) is 22.7. The number of urea groups is 1. The lowest BCUT2D eigenvalue weighted by molar-refractivity contribution is -0.115. The quantitative estimate of drug-likeness (QED) is 0.482. The number of nitrogens with one attached hydrogen (secondary N) is 1. The topological polar surface area (TPSA) is 114 Å². The summed E-state index contributed by atoms with van der Waals surface area (Å²) in [5.74, 6) is -0.449. The molecule has 0 atom stereocenters. The molecular weight excluding hydrogens is 445 g/mol. The highest BCUT2D eigenvalue weighted by Crippen LogP contribution is 2.35. The second-order valence-electron chi connectivity index (χ2n) is 5.66. The van der Waals surface area contributed by atoms with Crippen molar-refractivity contribution in [3.8, 4) is 17.6 Å². The molecule has 0 spiro atoms. The molecule has 2 rings (SSSR count). The van der Waals surface area contributed by atoms with E-state index < -0.39 is 11.9 Å². The van der Waals surface area contributed by atoms with E-state index >= 15 is 0 Å². The number of nitrogens with zero attached hydrogens (tertiary/aromatic N) is 1. The number of carbonyl (C=O) groups excluding carboxylic acids is 2. The molecule has 3 N–H and O–H groups in total. The molecule has 0 aliphatic carbocycles. The minimum Gasteiger partial charge on any atom is -0.490 e. The Morgan fingerprint density at radius 2 is 1.90 bits per heavy atom. The number of nitriles is 1.